The number of nitrogens with one attached hydrogen (secondary N) is 1. The molecule has 0 aliphatic heterocycles. The Hall–Kier alpha value is -0.740. The number of hydrogen-bond donors (Lipinski definition) is 2. The molecule has 0 bridgehead atoms. The minimum Gasteiger partial charge on any atom is -0.368 e. The molecule has 13 heavy (non-hydrogen) atoms. The zero-order chi connectivity index (χ0) is 9.84. The van der Waals surface area contributed by atoms with Crippen LogP contribution in [0.1, 0.15) is 6.92 Å². The van der Waals surface area contributed by atoms with Crippen LogP contribution in [0.15, 0.2) is 6.20 Å². The Balaban J connectivity index is 2.81. The van der Waals surface area contributed by atoms with Crippen LogP contribution in [0.4, 0.5) is 11.8 Å². The summed E-state index contributed by atoms with van der Waals surface area (Å²) in [7, 11) is 0. The Kier molecular flexibility index (Phi) is 3.57. The van der Waals surface area contributed by atoms with Crippen molar-refractivity contribution in [1.82, 2.24) is 9.97 Å². The zero-order valence-corrected chi connectivity index (χ0v) is 8.60. The molecule has 0 aromatic carbocycles. The van der Waals surface area contributed by atoms with Crippen molar-refractivity contribution in [2.24, 2.45) is 0 Å². The van der Waals surface area contributed by atoms with E-state index in [2.05, 4.69) is 15.3 Å². The van der Waals surface area contributed by atoms with E-state index in [1.165, 1.54) is 6.20 Å². The predicted octanol–water partition coefficient (Wildman–Crippen LogP) is 1.75. The molecule has 1 unspecified atom stereocenters. The Morgan fingerprint density at radius 3 is 3.00 bits per heavy atom. The van der Waals surface area contributed by atoms with Gasteiger partial charge in [0, 0.05) is 11.9 Å². The molecule has 0 spiro atoms. The summed E-state index contributed by atoms with van der Waals surface area (Å²) >= 11 is 11.4. The summed E-state index contributed by atoms with van der Waals surface area (Å²) in [4.78, 5) is 7.66. The minimum absolute atomic E-state index is 0.0912. The van der Waals surface area contributed by atoms with E-state index in [4.69, 9.17) is 28.9 Å². The average Bonchev–Trinajstić information content (AvgIpc) is 2.11. The van der Waals surface area contributed by atoms with E-state index < -0.39 is 0 Å². The first kappa shape index (κ1) is 10.3. The normalized spacial score (nSPS) is 12.5. The van der Waals surface area contributed by atoms with Gasteiger partial charge < -0.3 is 11.1 Å². The third kappa shape index (κ3) is 2.90. The van der Waals surface area contributed by atoms with E-state index in [0.29, 0.717) is 16.7 Å². The lowest BCUT2D eigenvalue weighted by Gasteiger charge is -2.11. The number of anilines is 2. The van der Waals surface area contributed by atoms with Gasteiger partial charge in [-0.1, -0.05) is 11.6 Å². The monoisotopic (exact) mass is 220 g/mol. The van der Waals surface area contributed by atoms with Crippen molar-refractivity contribution in [2.45, 2.75) is 13.0 Å². The van der Waals surface area contributed by atoms with Crippen LogP contribution in [0, 0.1) is 0 Å². The van der Waals surface area contributed by atoms with E-state index in [9.17, 15) is 0 Å². The van der Waals surface area contributed by atoms with Gasteiger partial charge >= 0.3 is 0 Å². The van der Waals surface area contributed by atoms with Gasteiger partial charge in [0.1, 0.15) is 5.02 Å². The Morgan fingerprint density at radius 2 is 2.38 bits per heavy atom. The molecule has 1 aromatic rings. The van der Waals surface area contributed by atoms with Crippen molar-refractivity contribution >= 4 is 35.0 Å². The molecule has 1 aromatic heterocycles. The smallest absolute Gasteiger partial charge is 0.222 e. The fourth-order valence-corrected chi connectivity index (χ4v) is 0.977. The molecule has 0 saturated carbocycles. The number of nitrogens with two attached hydrogens (primary N) is 1. The summed E-state index contributed by atoms with van der Waals surface area (Å²) in [6.07, 6.45) is 1.45. The average molecular weight is 221 g/mol. The molecule has 0 aliphatic carbocycles. The molecule has 1 heterocycles. The molecule has 0 fully saturated rings. The first-order valence-electron chi connectivity index (χ1n) is 3.74. The minimum atomic E-state index is 0.0912. The van der Waals surface area contributed by atoms with Crippen LogP contribution in [0.2, 0.25) is 5.02 Å². The third-order valence-electron chi connectivity index (χ3n) is 1.38. The maximum absolute atomic E-state index is 5.81. The maximum Gasteiger partial charge on any atom is 0.222 e. The maximum atomic E-state index is 5.81. The Labute approximate surface area is 86.5 Å². The highest BCUT2D eigenvalue weighted by atomic mass is 35.5. The van der Waals surface area contributed by atoms with Crippen molar-refractivity contribution in [3.63, 3.8) is 0 Å². The molecule has 0 aliphatic rings. The highest BCUT2D eigenvalue weighted by molar-refractivity contribution is 6.32. The highest BCUT2D eigenvalue weighted by Gasteiger charge is 2.06. The van der Waals surface area contributed by atoms with Gasteiger partial charge in [0.05, 0.1) is 6.20 Å². The lowest BCUT2D eigenvalue weighted by molar-refractivity contribution is 0.895. The van der Waals surface area contributed by atoms with Crippen LogP contribution in [0.25, 0.3) is 0 Å². The first-order valence-corrected chi connectivity index (χ1v) is 4.65. The number of nitrogen functional groups attached to an aromatic ring is 1. The summed E-state index contributed by atoms with van der Waals surface area (Å²) in [5.41, 5.74) is 5.39. The molecule has 1 rings (SSSR count). The van der Waals surface area contributed by atoms with Crippen LogP contribution in [-0.4, -0.2) is 21.9 Å². The van der Waals surface area contributed by atoms with Crippen LogP contribution < -0.4 is 11.1 Å². The van der Waals surface area contributed by atoms with E-state index in [1.54, 1.807) is 0 Å². The molecule has 0 radical (unpaired) electrons. The van der Waals surface area contributed by atoms with Gasteiger partial charge in [-0.25, -0.2) is 4.98 Å². The van der Waals surface area contributed by atoms with Crippen molar-refractivity contribution in [2.75, 3.05) is 16.9 Å². The number of rotatable bonds is 3. The van der Waals surface area contributed by atoms with E-state index in [0.717, 1.165) is 0 Å². The number of hydrogen-bond acceptors (Lipinski definition) is 4. The summed E-state index contributed by atoms with van der Waals surface area (Å²) in [5, 5.41) is 3.44. The van der Waals surface area contributed by atoms with Crippen LogP contribution in [0.3, 0.4) is 0 Å². The van der Waals surface area contributed by atoms with Gasteiger partial charge in [0.15, 0.2) is 5.82 Å². The molecule has 1 atom stereocenters. The lowest BCUT2D eigenvalue weighted by atomic mass is 10.4. The van der Waals surface area contributed by atoms with Crippen molar-refractivity contribution in [3.8, 4) is 0 Å². The fourth-order valence-electron chi connectivity index (χ4n) is 0.754. The van der Waals surface area contributed by atoms with Gasteiger partial charge in [-0.3, -0.25) is 0 Å². The van der Waals surface area contributed by atoms with Crippen molar-refractivity contribution in [3.05, 3.63) is 11.2 Å². The van der Waals surface area contributed by atoms with Crippen molar-refractivity contribution < 1.29 is 0 Å². The zero-order valence-electron chi connectivity index (χ0n) is 7.09. The van der Waals surface area contributed by atoms with Gasteiger partial charge in [-0.2, -0.15) is 4.98 Å². The van der Waals surface area contributed by atoms with Crippen molar-refractivity contribution in [1.29, 1.82) is 0 Å². The summed E-state index contributed by atoms with van der Waals surface area (Å²) in [6, 6.07) is 0.0912. The summed E-state index contributed by atoms with van der Waals surface area (Å²) in [5.74, 6) is 1.18. The van der Waals surface area contributed by atoms with Gasteiger partial charge in [-0.15, -0.1) is 11.6 Å². The molecular weight excluding hydrogens is 211 g/mol. The number of aromatic nitrogens is 2. The first-order chi connectivity index (χ1) is 6.13. The van der Waals surface area contributed by atoms with Gasteiger partial charge in [0.2, 0.25) is 5.95 Å². The standard InChI is InChI=1S/C7H10Cl2N4/c1-4(2-8)12-6-5(9)3-11-7(10)13-6/h3-4H,2H2,1H3,(H3,10,11,12,13). The quantitative estimate of drug-likeness (QED) is 0.763. The van der Waals surface area contributed by atoms with E-state index >= 15 is 0 Å². The topological polar surface area (TPSA) is 63.8 Å². The lowest BCUT2D eigenvalue weighted by Crippen LogP contribution is -2.18. The Morgan fingerprint density at radius 1 is 1.69 bits per heavy atom. The summed E-state index contributed by atoms with van der Waals surface area (Å²) in [6.45, 7) is 1.92. The summed E-state index contributed by atoms with van der Waals surface area (Å²) < 4.78 is 0. The number of alkyl halides is 1. The van der Waals surface area contributed by atoms with Crippen LogP contribution >= 0.6 is 23.2 Å². The van der Waals surface area contributed by atoms with E-state index in [-0.39, 0.29) is 12.0 Å². The largest absolute Gasteiger partial charge is 0.368 e. The highest BCUT2D eigenvalue weighted by Crippen LogP contribution is 2.19. The third-order valence-corrected chi connectivity index (χ3v) is 2.12. The predicted molar refractivity (Wildman–Crippen MR) is 55.3 cm³/mol. The number of halogens is 2. The van der Waals surface area contributed by atoms with E-state index in [1.807, 2.05) is 6.92 Å². The second kappa shape index (κ2) is 4.48. The number of nitrogens with zero attached hydrogens (tertiary/aromatic N) is 2. The van der Waals surface area contributed by atoms with Crippen LogP contribution in [-0.2, 0) is 0 Å². The molecule has 6 heteroatoms. The van der Waals surface area contributed by atoms with Crippen LogP contribution in [0.5, 0.6) is 0 Å². The second-order valence-electron chi connectivity index (χ2n) is 2.62. The second-order valence-corrected chi connectivity index (χ2v) is 3.34. The molecule has 3 N–H and O–H groups in total. The van der Waals surface area contributed by atoms with Gasteiger partial charge in [0.25, 0.3) is 0 Å². The SMILES string of the molecule is CC(CCl)Nc1nc(N)ncc1Cl. The molecule has 0 saturated heterocycles. The van der Waals surface area contributed by atoms with Gasteiger partial charge in [-0.05, 0) is 6.92 Å². The molecule has 72 valence electrons. The molecule has 4 nitrogen and oxygen atoms in total. The fraction of sp³-hybridized carbons (Fsp3) is 0.429. The Bertz CT molecular complexity index is 292. The molecular formula is C7H10Cl2N4. The molecule has 0 amide bonds.